The van der Waals surface area contributed by atoms with E-state index in [4.69, 9.17) is 9.47 Å². The Morgan fingerprint density at radius 2 is 1.78 bits per heavy atom. The number of rotatable bonds is 10. The van der Waals surface area contributed by atoms with Crippen molar-refractivity contribution in [3.05, 3.63) is 24.3 Å². The van der Waals surface area contributed by atoms with Crippen LogP contribution in [0, 0.1) is 0 Å². The van der Waals surface area contributed by atoms with Crippen molar-refractivity contribution in [2.75, 3.05) is 26.3 Å². The van der Waals surface area contributed by atoms with Crippen molar-refractivity contribution in [3.63, 3.8) is 0 Å². The first-order valence-corrected chi connectivity index (χ1v) is 6.93. The number of unbranched alkanes of at least 4 members (excludes halogenated alkanes) is 2. The molecule has 0 unspecified atom stereocenters. The second-order valence-electron chi connectivity index (χ2n) is 4.17. The van der Waals surface area contributed by atoms with Crippen molar-refractivity contribution in [1.29, 1.82) is 0 Å². The van der Waals surface area contributed by atoms with Gasteiger partial charge in [-0.25, -0.2) is 0 Å². The van der Waals surface area contributed by atoms with Gasteiger partial charge in [0, 0.05) is 6.07 Å². The molecule has 1 aromatic carbocycles. The maximum absolute atomic E-state index is 5.70. The monoisotopic (exact) mass is 251 g/mol. The van der Waals surface area contributed by atoms with Crippen LogP contribution >= 0.6 is 0 Å². The fourth-order valence-corrected chi connectivity index (χ4v) is 1.72. The summed E-state index contributed by atoms with van der Waals surface area (Å²) in [5, 5.41) is 3.32. The minimum absolute atomic E-state index is 0.688. The minimum atomic E-state index is 0.688. The highest BCUT2D eigenvalue weighted by atomic mass is 16.5. The molecular weight excluding hydrogens is 226 g/mol. The average molecular weight is 251 g/mol. The molecule has 1 aromatic rings. The zero-order valence-corrected chi connectivity index (χ0v) is 11.6. The van der Waals surface area contributed by atoms with Crippen LogP contribution < -0.4 is 14.8 Å². The first-order chi connectivity index (χ1) is 8.86. The van der Waals surface area contributed by atoms with Gasteiger partial charge in [0.2, 0.25) is 0 Å². The molecule has 0 amide bonds. The predicted molar refractivity (Wildman–Crippen MR) is 75.5 cm³/mol. The van der Waals surface area contributed by atoms with Gasteiger partial charge >= 0.3 is 0 Å². The average Bonchev–Trinajstić information content (AvgIpc) is 2.39. The summed E-state index contributed by atoms with van der Waals surface area (Å²) < 4.78 is 11.1. The van der Waals surface area contributed by atoms with Crippen molar-refractivity contribution in [2.45, 2.75) is 33.1 Å². The Labute approximate surface area is 110 Å². The van der Waals surface area contributed by atoms with Gasteiger partial charge in [0.15, 0.2) is 0 Å². The zero-order chi connectivity index (χ0) is 13.1. The third-order valence-electron chi connectivity index (χ3n) is 2.63. The molecule has 0 heterocycles. The van der Waals surface area contributed by atoms with E-state index in [9.17, 15) is 0 Å². The molecule has 18 heavy (non-hydrogen) atoms. The summed E-state index contributed by atoms with van der Waals surface area (Å²) in [4.78, 5) is 0. The topological polar surface area (TPSA) is 30.5 Å². The largest absolute Gasteiger partial charge is 0.494 e. The molecule has 3 heteroatoms. The maximum atomic E-state index is 5.70. The minimum Gasteiger partial charge on any atom is -0.494 e. The van der Waals surface area contributed by atoms with Crippen LogP contribution in [0.3, 0.4) is 0 Å². The van der Waals surface area contributed by atoms with E-state index >= 15 is 0 Å². The molecule has 0 saturated carbocycles. The van der Waals surface area contributed by atoms with Gasteiger partial charge in [-0.15, -0.1) is 0 Å². The Hall–Kier alpha value is -1.22. The number of benzene rings is 1. The lowest BCUT2D eigenvalue weighted by atomic mass is 10.2. The van der Waals surface area contributed by atoms with Crippen molar-refractivity contribution in [3.8, 4) is 11.5 Å². The van der Waals surface area contributed by atoms with Gasteiger partial charge < -0.3 is 14.8 Å². The highest BCUT2D eigenvalue weighted by molar-refractivity contribution is 5.32. The molecule has 0 aliphatic rings. The second-order valence-corrected chi connectivity index (χ2v) is 4.17. The van der Waals surface area contributed by atoms with E-state index in [1.165, 1.54) is 12.8 Å². The summed E-state index contributed by atoms with van der Waals surface area (Å²) in [5.41, 5.74) is 0. The van der Waals surface area contributed by atoms with Gasteiger partial charge in [-0.2, -0.15) is 0 Å². The third kappa shape index (κ3) is 6.50. The van der Waals surface area contributed by atoms with Crippen molar-refractivity contribution in [1.82, 2.24) is 5.32 Å². The van der Waals surface area contributed by atoms with Crippen molar-refractivity contribution < 1.29 is 9.47 Å². The number of ether oxygens (including phenoxy) is 2. The first-order valence-electron chi connectivity index (χ1n) is 6.93. The fourth-order valence-electron chi connectivity index (χ4n) is 1.72. The Bertz CT molecular complexity index is 315. The molecule has 0 aliphatic carbocycles. The summed E-state index contributed by atoms with van der Waals surface area (Å²) in [6.45, 7) is 7.75. The van der Waals surface area contributed by atoms with Gasteiger partial charge in [0.05, 0.1) is 13.2 Å². The highest BCUT2D eigenvalue weighted by Gasteiger charge is 1.97. The van der Waals surface area contributed by atoms with Crippen LogP contribution in [-0.4, -0.2) is 26.3 Å². The molecule has 0 bridgehead atoms. The molecule has 0 atom stereocenters. The summed E-state index contributed by atoms with van der Waals surface area (Å²) in [7, 11) is 0. The van der Waals surface area contributed by atoms with Gasteiger partial charge in [-0.05, 0) is 51.4 Å². The highest BCUT2D eigenvalue weighted by Crippen LogP contribution is 2.19. The van der Waals surface area contributed by atoms with Gasteiger partial charge in [0.25, 0.3) is 0 Å². The van der Waals surface area contributed by atoms with E-state index in [0.717, 1.165) is 37.6 Å². The molecule has 1 rings (SSSR count). The van der Waals surface area contributed by atoms with Crippen LogP contribution in [0.1, 0.15) is 33.1 Å². The van der Waals surface area contributed by atoms with Crippen LogP contribution in [0.2, 0.25) is 0 Å². The van der Waals surface area contributed by atoms with Crippen LogP contribution in [0.4, 0.5) is 0 Å². The molecule has 0 spiro atoms. The first kappa shape index (κ1) is 14.8. The Morgan fingerprint density at radius 1 is 1.00 bits per heavy atom. The summed E-state index contributed by atoms with van der Waals surface area (Å²) >= 11 is 0. The SMILES string of the molecule is CCNCCCCCOc1cccc(OCC)c1. The smallest absolute Gasteiger partial charge is 0.122 e. The lowest BCUT2D eigenvalue weighted by molar-refractivity contribution is 0.299. The normalized spacial score (nSPS) is 10.3. The Kier molecular flexibility index (Phi) is 8.06. The maximum Gasteiger partial charge on any atom is 0.122 e. The second kappa shape index (κ2) is 9.77. The van der Waals surface area contributed by atoms with Crippen molar-refractivity contribution >= 4 is 0 Å². The van der Waals surface area contributed by atoms with Crippen LogP contribution in [-0.2, 0) is 0 Å². The van der Waals surface area contributed by atoms with E-state index in [0.29, 0.717) is 6.61 Å². The molecule has 0 radical (unpaired) electrons. The quantitative estimate of drug-likeness (QED) is 0.648. The Morgan fingerprint density at radius 3 is 2.50 bits per heavy atom. The Balaban J connectivity index is 2.13. The standard InChI is InChI=1S/C15H25NO2/c1-3-16-11-6-5-7-12-18-15-10-8-9-14(13-15)17-4-2/h8-10,13,16H,3-7,11-12H2,1-2H3. The van der Waals surface area contributed by atoms with E-state index in [1.807, 2.05) is 31.2 Å². The van der Waals surface area contributed by atoms with E-state index < -0.39 is 0 Å². The summed E-state index contributed by atoms with van der Waals surface area (Å²) in [6.07, 6.45) is 3.53. The van der Waals surface area contributed by atoms with E-state index in [1.54, 1.807) is 0 Å². The lowest BCUT2D eigenvalue weighted by Gasteiger charge is -2.08. The fraction of sp³-hybridized carbons (Fsp3) is 0.600. The molecule has 0 aromatic heterocycles. The molecule has 0 fully saturated rings. The molecule has 3 nitrogen and oxygen atoms in total. The van der Waals surface area contributed by atoms with Gasteiger partial charge in [-0.3, -0.25) is 0 Å². The zero-order valence-electron chi connectivity index (χ0n) is 11.6. The summed E-state index contributed by atoms with van der Waals surface area (Å²) in [6, 6.07) is 7.83. The molecular formula is C15H25NO2. The molecule has 0 aliphatic heterocycles. The number of nitrogens with one attached hydrogen (secondary N) is 1. The van der Waals surface area contributed by atoms with Crippen molar-refractivity contribution in [2.24, 2.45) is 0 Å². The van der Waals surface area contributed by atoms with Crippen LogP contribution in [0.15, 0.2) is 24.3 Å². The van der Waals surface area contributed by atoms with Gasteiger partial charge in [0.1, 0.15) is 11.5 Å². The van der Waals surface area contributed by atoms with E-state index in [-0.39, 0.29) is 0 Å². The predicted octanol–water partition coefficient (Wildman–Crippen LogP) is 3.24. The van der Waals surface area contributed by atoms with E-state index in [2.05, 4.69) is 12.2 Å². The lowest BCUT2D eigenvalue weighted by Crippen LogP contribution is -2.14. The third-order valence-corrected chi connectivity index (χ3v) is 2.63. The number of hydrogen-bond donors (Lipinski definition) is 1. The van der Waals surface area contributed by atoms with Gasteiger partial charge in [-0.1, -0.05) is 13.0 Å². The molecule has 102 valence electrons. The summed E-state index contributed by atoms with van der Waals surface area (Å²) in [5.74, 6) is 1.77. The van der Waals surface area contributed by atoms with Crippen LogP contribution in [0.25, 0.3) is 0 Å². The number of hydrogen-bond acceptors (Lipinski definition) is 3. The van der Waals surface area contributed by atoms with Crippen LogP contribution in [0.5, 0.6) is 11.5 Å². The molecule has 0 saturated heterocycles. The molecule has 1 N–H and O–H groups in total.